The number of benzene rings is 1. The Balaban J connectivity index is 2.81. The van der Waals surface area contributed by atoms with E-state index >= 15 is 0 Å². The fourth-order valence-electron chi connectivity index (χ4n) is 1.58. The monoisotopic (exact) mass is 244 g/mol. The highest BCUT2D eigenvalue weighted by molar-refractivity contribution is 6.31. The second kappa shape index (κ2) is 6.18. The lowest BCUT2D eigenvalue weighted by Gasteiger charge is -2.26. The van der Waals surface area contributed by atoms with E-state index in [9.17, 15) is 4.39 Å². The first kappa shape index (κ1) is 13.4. The van der Waals surface area contributed by atoms with Gasteiger partial charge in [-0.15, -0.1) is 0 Å². The maximum atomic E-state index is 13.2. The van der Waals surface area contributed by atoms with Crippen molar-refractivity contribution >= 4 is 11.6 Å². The molecular formula is C12H18ClFN2. The fourth-order valence-corrected chi connectivity index (χ4v) is 1.76. The third-order valence-electron chi connectivity index (χ3n) is 2.55. The van der Waals surface area contributed by atoms with Crippen LogP contribution in [0.15, 0.2) is 18.2 Å². The minimum absolute atomic E-state index is 0.213. The Hall–Kier alpha value is -0.640. The minimum atomic E-state index is -0.365. The summed E-state index contributed by atoms with van der Waals surface area (Å²) < 4.78 is 13.2. The van der Waals surface area contributed by atoms with Crippen molar-refractivity contribution in [2.45, 2.75) is 26.4 Å². The molecule has 0 unspecified atom stereocenters. The van der Waals surface area contributed by atoms with Crippen LogP contribution in [-0.2, 0) is 6.54 Å². The van der Waals surface area contributed by atoms with E-state index in [4.69, 9.17) is 17.3 Å². The van der Waals surface area contributed by atoms with Gasteiger partial charge in [-0.25, -0.2) is 4.39 Å². The standard InChI is InChI=1S/C12H18ClFN2/c1-9(2)16(7-6-15)8-10-4-3-5-11(14)12(10)13/h3-5,9H,6-8,15H2,1-2H3. The summed E-state index contributed by atoms with van der Waals surface area (Å²) in [7, 11) is 0. The Morgan fingerprint density at radius 1 is 1.44 bits per heavy atom. The highest BCUT2D eigenvalue weighted by Crippen LogP contribution is 2.21. The van der Waals surface area contributed by atoms with Crippen LogP contribution >= 0.6 is 11.6 Å². The third kappa shape index (κ3) is 3.44. The summed E-state index contributed by atoms with van der Waals surface area (Å²) in [6.45, 7) is 6.17. The molecule has 0 spiro atoms. The van der Waals surface area contributed by atoms with Gasteiger partial charge in [0, 0.05) is 25.7 Å². The molecule has 2 nitrogen and oxygen atoms in total. The van der Waals surface area contributed by atoms with Gasteiger partial charge in [0.25, 0.3) is 0 Å². The Bertz CT molecular complexity index is 342. The molecule has 0 radical (unpaired) electrons. The smallest absolute Gasteiger partial charge is 0.142 e. The van der Waals surface area contributed by atoms with Gasteiger partial charge in [0.15, 0.2) is 0 Å². The zero-order valence-electron chi connectivity index (χ0n) is 9.71. The van der Waals surface area contributed by atoms with Crippen LogP contribution in [-0.4, -0.2) is 24.0 Å². The number of nitrogens with zero attached hydrogens (tertiary/aromatic N) is 1. The van der Waals surface area contributed by atoms with Crippen molar-refractivity contribution in [2.75, 3.05) is 13.1 Å². The Morgan fingerprint density at radius 2 is 2.12 bits per heavy atom. The number of hydrogen-bond acceptors (Lipinski definition) is 2. The summed E-state index contributed by atoms with van der Waals surface area (Å²) in [5.41, 5.74) is 6.35. The van der Waals surface area contributed by atoms with E-state index in [1.54, 1.807) is 6.07 Å². The molecule has 0 aliphatic heterocycles. The van der Waals surface area contributed by atoms with E-state index in [0.29, 0.717) is 19.1 Å². The average Bonchev–Trinajstić information content (AvgIpc) is 2.23. The molecule has 4 heteroatoms. The van der Waals surface area contributed by atoms with Gasteiger partial charge in [0.05, 0.1) is 5.02 Å². The van der Waals surface area contributed by atoms with Crippen LogP contribution in [0.4, 0.5) is 4.39 Å². The van der Waals surface area contributed by atoms with Crippen LogP contribution in [0.25, 0.3) is 0 Å². The van der Waals surface area contributed by atoms with Crippen LogP contribution < -0.4 is 5.73 Å². The Labute approximate surface area is 101 Å². The Kier molecular flexibility index (Phi) is 5.19. The van der Waals surface area contributed by atoms with Crippen LogP contribution in [0.1, 0.15) is 19.4 Å². The van der Waals surface area contributed by atoms with Gasteiger partial charge in [-0.2, -0.15) is 0 Å². The quantitative estimate of drug-likeness (QED) is 0.863. The van der Waals surface area contributed by atoms with Crippen molar-refractivity contribution in [3.63, 3.8) is 0 Å². The van der Waals surface area contributed by atoms with Crippen molar-refractivity contribution in [2.24, 2.45) is 5.73 Å². The lowest BCUT2D eigenvalue weighted by Crippen LogP contribution is -2.34. The zero-order valence-corrected chi connectivity index (χ0v) is 10.5. The predicted octanol–water partition coefficient (Wildman–Crippen LogP) is 2.65. The largest absolute Gasteiger partial charge is 0.329 e. The maximum Gasteiger partial charge on any atom is 0.142 e. The van der Waals surface area contributed by atoms with Crippen LogP contribution in [0.5, 0.6) is 0 Å². The van der Waals surface area contributed by atoms with Gasteiger partial charge in [-0.3, -0.25) is 4.90 Å². The van der Waals surface area contributed by atoms with E-state index in [2.05, 4.69) is 18.7 Å². The van der Waals surface area contributed by atoms with Crippen molar-refractivity contribution in [1.29, 1.82) is 0 Å². The zero-order chi connectivity index (χ0) is 12.1. The topological polar surface area (TPSA) is 29.3 Å². The second-order valence-corrected chi connectivity index (χ2v) is 4.44. The molecule has 0 saturated heterocycles. The van der Waals surface area contributed by atoms with Crippen molar-refractivity contribution in [3.8, 4) is 0 Å². The number of rotatable bonds is 5. The molecule has 90 valence electrons. The van der Waals surface area contributed by atoms with Gasteiger partial charge >= 0.3 is 0 Å². The summed E-state index contributed by atoms with van der Waals surface area (Å²) in [5.74, 6) is -0.365. The molecule has 0 aliphatic rings. The van der Waals surface area contributed by atoms with Crippen molar-refractivity contribution in [3.05, 3.63) is 34.6 Å². The molecule has 0 fully saturated rings. The van der Waals surface area contributed by atoms with Gasteiger partial charge in [-0.05, 0) is 25.5 Å². The molecule has 0 saturated carbocycles. The van der Waals surface area contributed by atoms with Crippen LogP contribution in [0.2, 0.25) is 5.02 Å². The molecule has 0 atom stereocenters. The normalized spacial score (nSPS) is 11.4. The molecule has 0 bridgehead atoms. The molecule has 1 aromatic carbocycles. The predicted molar refractivity (Wildman–Crippen MR) is 66.0 cm³/mol. The lowest BCUT2D eigenvalue weighted by atomic mass is 10.2. The molecule has 1 aromatic rings. The average molecular weight is 245 g/mol. The van der Waals surface area contributed by atoms with Gasteiger partial charge in [-0.1, -0.05) is 23.7 Å². The van der Waals surface area contributed by atoms with Crippen molar-refractivity contribution < 1.29 is 4.39 Å². The minimum Gasteiger partial charge on any atom is -0.329 e. The highest BCUT2D eigenvalue weighted by Gasteiger charge is 2.12. The van der Waals surface area contributed by atoms with E-state index in [1.165, 1.54) is 6.07 Å². The molecule has 1 rings (SSSR count). The summed E-state index contributed by atoms with van der Waals surface area (Å²) >= 11 is 5.91. The molecule has 0 heterocycles. The molecule has 0 aromatic heterocycles. The molecule has 2 N–H and O–H groups in total. The van der Waals surface area contributed by atoms with Gasteiger partial charge in [0.2, 0.25) is 0 Å². The molecule has 16 heavy (non-hydrogen) atoms. The SMILES string of the molecule is CC(C)N(CCN)Cc1cccc(F)c1Cl. The summed E-state index contributed by atoms with van der Waals surface area (Å²) in [6.07, 6.45) is 0. The summed E-state index contributed by atoms with van der Waals surface area (Å²) in [4.78, 5) is 2.17. The highest BCUT2D eigenvalue weighted by atomic mass is 35.5. The van der Waals surface area contributed by atoms with E-state index < -0.39 is 0 Å². The summed E-state index contributed by atoms with van der Waals surface area (Å²) in [6, 6.07) is 5.26. The molecule has 0 aliphatic carbocycles. The Morgan fingerprint density at radius 3 is 2.69 bits per heavy atom. The van der Waals surface area contributed by atoms with Crippen molar-refractivity contribution in [1.82, 2.24) is 4.90 Å². The fraction of sp³-hybridized carbons (Fsp3) is 0.500. The van der Waals surface area contributed by atoms with Crippen LogP contribution in [0.3, 0.4) is 0 Å². The molecular weight excluding hydrogens is 227 g/mol. The lowest BCUT2D eigenvalue weighted by molar-refractivity contribution is 0.219. The van der Waals surface area contributed by atoms with E-state index in [0.717, 1.165) is 12.1 Å². The summed E-state index contributed by atoms with van der Waals surface area (Å²) in [5, 5.41) is 0.213. The van der Waals surface area contributed by atoms with E-state index in [-0.39, 0.29) is 10.8 Å². The number of nitrogens with two attached hydrogens (primary N) is 1. The number of halogens is 2. The van der Waals surface area contributed by atoms with Gasteiger partial charge < -0.3 is 5.73 Å². The first-order chi connectivity index (χ1) is 7.56. The second-order valence-electron chi connectivity index (χ2n) is 4.07. The molecule has 0 amide bonds. The third-order valence-corrected chi connectivity index (χ3v) is 2.97. The first-order valence-corrected chi connectivity index (χ1v) is 5.81. The maximum absolute atomic E-state index is 13.2. The van der Waals surface area contributed by atoms with Crippen LogP contribution in [0, 0.1) is 5.82 Å². The van der Waals surface area contributed by atoms with E-state index in [1.807, 2.05) is 6.07 Å². The van der Waals surface area contributed by atoms with Gasteiger partial charge in [0.1, 0.15) is 5.82 Å². The first-order valence-electron chi connectivity index (χ1n) is 5.43. The number of hydrogen-bond donors (Lipinski definition) is 1.